The Morgan fingerprint density at radius 1 is 1.35 bits per heavy atom. The molecular weight excluding hydrogens is 226 g/mol. The summed E-state index contributed by atoms with van der Waals surface area (Å²) in [5, 5.41) is 22.2. The number of carbonyl (C=O) groups is 2. The third-order valence-electron chi connectivity index (χ3n) is 2.92. The van der Waals surface area contributed by atoms with Crippen LogP contribution in [0.25, 0.3) is 0 Å². The molecule has 0 heterocycles. The van der Waals surface area contributed by atoms with E-state index in [1.54, 1.807) is 0 Å². The van der Waals surface area contributed by atoms with Crippen LogP contribution >= 0.6 is 0 Å². The van der Waals surface area contributed by atoms with E-state index in [-0.39, 0.29) is 12.1 Å². The van der Waals surface area contributed by atoms with E-state index >= 15 is 0 Å². The minimum absolute atomic E-state index is 0.0908. The first-order valence-electron chi connectivity index (χ1n) is 5.71. The van der Waals surface area contributed by atoms with Gasteiger partial charge in [-0.3, -0.25) is 0 Å². The van der Waals surface area contributed by atoms with Crippen molar-refractivity contribution in [1.82, 2.24) is 10.6 Å². The smallest absolute Gasteiger partial charge is 0.328 e. The van der Waals surface area contributed by atoms with Gasteiger partial charge < -0.3 is 26.6 Å². The quantitative estimate of drug-likeness (QED) is 0.434. The van der Waals surface area contributed by atoms with E-state index in [9.17, 15) is 9.59 Å². The van der Waals surface area contributed by atoms with Crippen molar-refractivity contribution in [3.8, 4) is 0 Å². The molecule has 1 saturated carbocycles. The Kier molecular flexibility index (Phi) is 5.17. The van der Waals surface area contributed by atoms with E-state index in [4.69, 9.17) is 15.9 Å². The van der Waals surface area contributed by atoms with Gasteiger partial charge >= 0.3 is 12.0 Å². The summed E-state index contributed by atoms with van der Waals surface area (Å²) in [6.45, 7) is -0.639. The molecule has 0 aromatic rings. The van der Waals surface area contributed by atoms with E-state index < -0.39 is 24.6 Å². The molecule has 0 radical (unpaired) electrons. The average Bonchev–Trinajstić information content (AvgIpc) is 2.28. The molecule has 2 amide bonds. The van der Waals surface area contributed by atoms with Crippen LogP contribution < -0.4 is 16.4 Å². The van der Waals surface area contributed by atoms with Crippen molar-refractivity contribution >= 4 is 12.0 Å². The third-order valence-corrected chi connectivity index (χ3v) is 2.92. The van der Waals surface area contributed by atoms with Crippen molar-refractivity contribution in [2.45, 2.75) is 43.8 Å². The second kappa shape index (κ2) is 6.41. The van der Waals surface area contributed by atoms with Gasteiger partial charge in [-0.25, -0.2) is 9.59 Å². The lowest BCUT2D eigenvalue weighted by Gasteiger charge is -2.29. The van der Waals surface area contributed by atoms with Crippen molar-refractivity contribution in [2.75, 3.05) is 6.61 Å². The van der Waals surface area contributed by atoms with Gasteiger partial charge in [0.25, 0.3) is 0 Å². The molecule has 1 fully saturated rings. The predicted molar refractivity (Wildman–Crippen MR) is 60.4 cm³/mol. The Hall–Kier alpha value is -1.34. The number of aliphatic hydroxyl groups excluding tert-OH is 1. The normalized spacial score (nSPS) is 26.0. The number of carbonyl (C=O) groups excluding carboxylic acids is 1. The fourth-order valence-corrected chi connectivity index (χ4v) is 1.89. The van der Waals surface area contributed by atoms with Crippen molar-refractivity contribution in [3.05, 3.63) is 0 Å². The van der Waals surface area contributed by atoms with Crippen molar-refractivity contribution in [2.24, 2.45) is 5.73 Å². The van der Waals surface area contributed by atoms with Crippen LogP contribution in [0, 0.1) is 0 Å². The molecule has 0 spiro atoms. The van der Waals surface area contributed by atoms with Crippen molar-refractivity contribution in [3.63, 3.8) is 0 Å². The second-order valence-electron chi connectivity index (χ2n) is 4.25. The van der Waals surface area contributed by atoms with Gasteiger partial charge in [0.2, 0.25) is 0 Å². The molecule has 0 saturated heterocycles. The number of aliphatic carboxylic acids is 1. The number of hydrogen-bond acceptors (Lipinski definition) is 4. The number of hydrogen-bond donors (Lipinski definition) is 5. The maximum absolute atomic E-state index is 11.5. The second-order valence-corrected chi connectivity index (χ2v) is 4.25. The summed E-state index contributed by atoms with van der Waals surface area (Å²) < 4.78 is 0. The number of urea groups is 1. The Labute approximate surface area is 99.4 Å². The Bertz CT molecular complexity index is 285. The molecule has 0 aliphatic heterocycles. The van der Waals surface area contributed by atoms with Crippen LogP contribution in [0.4, 0.5) is 4.79 Å². The first-order chi connectivity index (χ1) is 8.04. The van der Waals surface area contributed by atoms with Gasteiger partial charge in [0, 0.05) is 12.1 Å². The highest BCUT2D eigenvalue weighted by Crippen LogP contribution is 2.16. The topological polar surface area (TPSA) is 125 Å². The number of aliphatic hydroxyl groups is 1. The van der Waals surface area contributed by atoms with E-state index in [0.29, 0.717) is 0 Å². The van der Waals surface area contributed by atoms with Crippen LogP contribution in [0.5, 0.6) is 0 Å². The Morgan fingerprint density at radius 3 is 2.53 bits per heavy atom. The predicted octanol–water partition coefficient (Wildman–Crippen LogP) is -0.999. The number of nitrogens with one attached hydrogen (secondary N) is 2. The summed E-state index contributed by atoms with van der Waals surface area (Å²) in [6, 6.07) is -2.10. The van der Waals surface area contributed by atoms with Crippen LogP contribution in [-0.2, 0) is 4.79 Å². The van der Waals surface area contributed by atoms with Gasteiger partial charge in [-0.15, -0.1) is 0 Å². The summed E-state index contributed by atoms with van der Waals surface area (Å²) in [5.74, 6) is -1.27. The molecule has 98 valence electrons. The van der Waals surface area contributed by atoms with Crippen LogP contribution in [-0.4, -0.2) is 46.9 Å². The molecule has 1 aliphatic rings. The van der Waals surface area contributed by atoms with Gasteiger partial charge in [0.15, 0.2) is 6.04 Å². The summed E-state index contributed by atoms with van der Waals surface area (Å²) in [6.07, 6.45) is 3.70. The number of nitrogens with two attached hydrogens (primary N) is 1. The van der Waals surface area contributed by atoms with Gasteiger partial charge in [0.05, 0.1) is 6.61 Å². The SMILES string of the molecule is NC1CCCCC1NC(=O)NC(CO)C(=O)O. The average molecular weight is 245 g/mol. The van der Waals surface area contributed by atoms with Gasteiger partial charge in [-0.1, -0.05) is 12.8 Å². The highest BCUT2D eigenvalue weighted by atomic mass is 16.4. The maximum Gasteiger partial charge on any atom is 0.328 e. The summed E-state index contributed by atoms with van der Waals surface area (Å²) in [4.78, 5) is 22.1. The van der Waals surface area contributed by atoms with E-state index in [1.807, 2.05) is 0 Å². The van der Waals surface area contributed by atoms with Crippen molar-refractivity contribution < 1.29 is 19.8 Å². The Balaban J connectivity index is 2.40. The molecule has 3 unspecified atom stereocenters. The van der Waals surface area contributed by atoms with Gasteiger partial charge in [-0.2, -0.15) is 0 Å². The van der Waals surface area contributed by atoms with E-state index in [1.165, 1.54) is 0 Å². The number of rotatable bonds is 4. The zero-order chi connectivity index (χ0) is 12.8. The zero-order valence-electron chi connectivity index (χ0n) is 9.56. The third kappa shape index (κ3) is 4.20. The van der Waals surface area contributed by atoms with Crippen LogP contribution in [0.3, 0.4) is 0 Å². The lowest BCUT2D eigenvalue weighted by Crippen LogP contribution is -2.55. The minimum atomic E-state index is -1.28. The highest BCUT2D eigenvalue weighted by Gasteiger charge is 2.25. The van der Waals surface area contributed by atoms with E-state index in [0.717, 1.165) is 25.7 Å². The molecule has 0 bridgehead atoms. The first-order valence-corrected chi connectivity index (χ1v) is 5.71. The van der Waals surface area contributed by atoms with E-state index in [2.05, 4.69) is 10.6 Å². The standard InChI is InChI=1S/C10H19N3O4/c11-6-3-1-2-4-7(6)12-10(17)13-8(5-14)9(15)16/h6-8,14H,1-5,11H2,(H,15,16)(H2,12,13,17). The lowest BCUT2D eigenvalue weighted by molar-refractivity contribution is -0.140. The highest BCUT2D eigenvalue weighted by molar-refractivity contribution is 5.82. The summed E-state index contributed by atoms with van der Waals surface area (Å²) in [7, 11) is 0. The lowest BCUT2D eigenvalue weighted by atomic mass is 9.91. The molecule has 7 nitrogen and oxygen atoms in total. The molecule has 1 rings (SSSR count). The summed E-state index contributed by atoms with van der Waals surface area (Å²) >= 11 is 0. The molecule has 0 aromatic carbocycles. The van der Waals surface area contributed by atoms with Gasteiger partial charge in [-0.05, 0) is 12.8 Å². The fraction of sp³-hybridized carbons (Fsp3) is 0.800. The largest absolute Gasteiger partial charge is 0.480 e. The number of carboxylic acids is 1. The fourth-order valence-electron chi connectivity index (χ4n) is 1.89. The molecule has 17 heavy (non-hydrogen) atoms. The number of amides is 2. The van der Waals surface area contributed by atoms with Crippen LogP contribution in [0.2, 0.25) is 0 Å². The first kappa shape index (κ1) is 13.7. The zero-order valence-corrected chi connectivity index (χ0v) is 9.56. The Morgan fingerprint density at radius 2 is 2.00 bits per heavy atom. The van der Waals surface area contributed by atoms with Crippen molar-refractivity contribution in [1.29, 1.82) is 0 Å². The molecule has 1 aliphatic carbocycles. The maximum atomic E-state index is 11.5. The number of carboxylic acid groups (broad SMARTS) is 1. The summed E-state index contributed by atoms with van der Waals surface area (Å²) in [5.41, 5.74) is 5.84. The molecule has 0 aromatic heterocycles. The molecule has 6 N–H and O–H groups in total. The van der Waals surface area contributed by atoms with Gasteiger partial charge in [0.1, 0.15) is 0 Å². The minimum Gasteiger partial charge on any atom is -0.480 e. The van der Waals surface area contributed by atoms with Crippen LogP contribution in [0.1, 0.15) is 25.7 Å². The molecule has 7 heteroatoms. The van der Waals surface area contributed by atoms with Crippen LogP contribution in [0.15, 0.2) is 0 Å². The molecular formula is C10H19N3O4. The monoisotopic (exact) mass is 245 g/mol. The molecule has 3 atom stereocenters.